The van der Waals surface area contributed by atoms with Gasteiger partial charge in [0.25, 0.3) is 0 Å². The van der Waals surface area contributed by atoms with Crippen molar-refractivity contribution in [3.05, 3.63) is 34.9 Å². The highest BCUT2D eigenvalue weighted by Crippen LogP contribution is 2.65. The summed E-state index contributed by atoms with van der Waals surface area (Å²) in [7, 11) is 0. The molecule has 1 unspecified atom stereocenters. The normalized spacial score (nSPS) is 47.0. The molecule has 0 heterocycles. The molecule has 130 valence electrons. The largest absolute Gasteiger partial charge is 0.393 e. The van der Waals surface area contributed by atoms with Crippen LogP contribution in [0.5, 0.6) is 0 Å². The van der Waals surface area contributed by atoms with E-state index in [1.165, 1.54) is 18.4 Å². The molecule has 1 N–H and O–H groups in total. The number of ketones is 1. The van der Waals surface area contributed by atoms with Gasteiger partial charge in [-0.1, -0.05) is 37.1 Å². The molecule has 0 aromatic rings. The van der Waals surface area contributed by atoms with E-state index in [0.29, 0.717) is 18.3 Å². The fraction of sp³-hybridized carbons (Fsp3) is 0.682. The van der Waals surface area contributed by atoms with Crippen LogP contribution < -0.4 is 0 Å². The zero-order valence-corrected chi connectivity index (χ0v) is 15.4. The Bertz CT molecular complexity index is 678. The van der Waals surface area contributed by atoms with Crippen LogP contribution >= 0.6 is 0 Å². The minimum absolute atomic E-state index is 0.0399. The molecule has 2 heteroatoms. The van der Waals surface area contributed by atoms with Gasteiger partial charge in [-0.2, -0.15) is 0 Å². The van der Waals surface area contributed by atoms with Crippen LogP contribution in [0, 0.1) is 28.6 Å². The monoisotopic (exact) mass is 326 g/mol. The summed E-state index contributed by atoms with van der Waals surface area (Å²) >= 11 is 0. The molecule has 0 amide bonds. The van der Waals surface area contributed by atoms with Gasteiger partial charge in [-0.3, -0.25) is 4.79 Å². The molecule has 6 atom stereocenters. The van der Waals surface area contributed by atoms with Crippen LogP contribution in [0.25, 0.3) is 0 Å². The summed E-state index contributed by atoms with van der Waals surface area (Å²) < 4.78 is 0. The van der Waals surface area contributed by atoms with Crippen molar-refractivity contribution in [1.82, 2.24) is 0 Å². The van der Waals surface area contributed by atoms with Crippen LogP contribution in [-0.2, 0) is 4.79 Å². The lowest BCUT2D eigenvalue weighted by Crippen LogP contribution is -2.54. The number of carbonyl (C=O) groups is 1. The predicted octanol–water partition coefficient (Wildman–Crippen LogP) is 4.60. The third-order valence-corrected chi connectivity index (χ3v) is 7.84. The van der Waals surface area contributed by atoms with E-state index in [1.54, 1.807) is 5.57 Å². The van der Waals surface area contributed by atoms with Gasteiger partial charge in [-0.15, -0.1) is 0 Å². The number of allylic oxidation sites excluding steroid dienone is 6. The molecule has 0 aromatic heterocycles. The third-order valence-electron chi connectivity index (χ3n) is 7.84. The second kappa shape index (κ2) is 5.17. The van der Waals surface area contributed by atoms with Gasteiger partial charge in [-0.05, 0) is 73.8 Å². The quantitative estimate of drug-likeness (QED) is 0.661. The van der Waals surface area contributed by atoms with Crippen molar-refractivity contribution in [2.24, 2.45) is 28.6 Å². The standard InChI is InChI=1S/C22H30O2/c1-13(2)17-7-8-18-16-6-5-14-11-15(23)9-10-21(14,3)20(16)19(24)12-22(17,18)4/h5-6,11,16,18-20,24H,7-10,12H2,1-4H3/t16-,18-,19?,20+,21-,22+/m0/s1. The van der Waals surface area contributed by atoms with Crippen molar-refractivity contribution >= 4 is 5.78 Å². The van der Waals surface area contributed by atoms with Gasteiger partial charge >= 0.3 is 0 Å². The van der Waals surface area contributed by atoms with E-state index in [9.17, 15) is 9.90 Å². The Balaban J connectivity index is 1.81. The summed E-state index contributed by atoms with van der Waals surface area (Å²) in [6.07, 6.45) is 10.9. The first-order chi connectivity index (χ1) is 11.3. The molecular formula is C22H30O2. The van der Waals surface area contributed by atoms with E-state index in [4.69, 9.17) is 0 Å². The Morgan fingerprint density at radius 1 is 1.21 bits per heavy atom. The average molecular weight is 326 g/mol. The molecule has 0 aromatic carbocycles. The van der Waals surface area contributed by atoms with Crippen molar-refractivity contribution in [3.63, 3.8) is 0 Å². The summed E-state index contributed by atoms with van der Waals surface area (Å²) in [5.74, 6) is 1.57. The smallest absolute Gasteiger partial charge is 0.156 e. The number of hydrogen-bond acceptors (Lipinski definition) is 2. The molecule has 0 radical (unpaired) electrons. The minimum atomic E-state index is -0.282. The van der Waals surface area contributed by atoms with Gasteiger partial charge in [0.1, 0.15) is 0 Å². The Kier molecular flexibility index (Phi) is 3.52. The van der Waals surface area contributed by atoms with Crippen LogP contribution in [-0.4, -0.2) is 17.0 Å². The molecule has 0 bridgehead atoms. The first-order valence-electron chi connectivity index (χ1n) is 9.55. The summed E-state index contributed by atoms with van der Waals surface area (Å²) in [6, 6.07) is 0. The molecule has 2 nitrogen and oxygen atoms in total. The van der Waals surface area contributed by atoms with Crippen LogP contribution in [0.2, 0.25) is 0 Å². The molecule has 4 aliphatic rings. The first-order valence-corrected chi connectivity index (χ1v) is 9.55. The molecular weight excluding hydrogens is 296 g/mol. The van der Waals surface area contributed by atoms with Crippen LogP contribution in [0.4, 0.5) is 0 Å². The zero-order chi connectivity index (χ0) is 17.3. The van der Waals surface area contributed by atoms with E-state index < -0.39 is 0 Å². The third kappa shape index (κ3) is 2.02. The second-order valence-electron chi connectivity index (χ2n) is 9.26. The summed E-state index contributed by atoms with van der Waals surface area (Å²) in [6.45, 7) is 9.13. The maximum atomic E-state index is 11.9. The molecule has 4 aliphatic carbocycles. The van der Waals surface area contributed by atoms with Gasteiger partial charge in [0.2, 0.25) is 0 Å². The lowest BCUT2D eigenvalue weighted by atomic mass is 9.48. The summed E-state index contributed by atoms with van der Waals surface area (Å²) in [5.41, 5.74) is 4.29. The van der Waals surface area contributed by atoms with E-state index in [1.807, 2.05) is 6.08 Å². The van der Waals surface area contributed by atoms with Crippen molar-refractivity contribution in [2.75, 3.05) is 0 Å². The molecule has 0 spiro atoms. The predicted molar refractivity (Wildman–Crippen MR) is 96.4 cm³/mol. The molecule has 0 aliphatic heterocycles. The molecule has 4 rings (SSSR count). The van der Waals surface area contributed by atoms with E-state index in [2.05, 4.69) is 39.8 Å². The Morgan fingerprint density at radius 3 is 2.67 bits per heavy atom. The van der Waals surface area contributed by atoms with Crippen LogP contribution in [0.15, 0.2) is 34.9 Å². The average Bonchev–Trinajstić information content (AvgIpc) is 2.84. The maximum absolute atomic E-state index is 11.9. The highest BCUT2D eigenvalue weighted by Gasteiger charge is 2.59. The summed E-state index contributed by atoms with van der Waals surface area (Å²) in [5, 5.41) is 11.2. The maximum Gasteiger partial charge on any atom is 0.156 e. The number of rotatable bonds is 0. The van der Waals surface area contributed by atoms with E-state index in [0.717, 1.165) is 18.4 Å². The van der Waals surface area contributed by atoms with Crippen molar-refractivity contribution in [2.45, 2.75) is 65.9 Å². The number of hydrogen-bond donors (Lipinski definition) is 1. The topological polar surface area (TPSA) is 37.3 Å². The fourth-order valence-electron chi connectivity index (χ4n) is 6.76. The molecule has 24 heavy (non-hydrogen) atoms. The second-order valence-corrected chi connectivity index (χ2v) is 9.26. The van der Waals surface area contributed by atoms with Crippen LogP contribution in [0.1, 0.15) is 59.8 Å². The Hall–Kier alpha value is -1.15. The summed E-state index contributed by atoms with van der Waals surface area (Å²) in [4.78, 5) is 11.9. The van der Waals surface area contributed by atoms with Crippen molar-refractivity contribution in [1.29, 1.82) is 0 Å². The Labute approximate surface area is 145 Å². The SMILES string of the molecule is CC(C)=C1CC[C@H]2[C@@H]3C=CC4=CC(=O)CC[C@]4(C)[C@H]3C(O)C[C@]12C. The van der Waals surface area contributed by atoms with Gasteiger partial charge in [0.05, 0.1) is 6.10 Å². The molecule has 0 saturated heterocycles. The van der Waals surface area contributed by atoms with Crippen molar-refractivity contribution < 1.29 is 9.90 Å². The Morgan fingerprint density at radius 2 is 1.96 bits per heavy atom. The number of aliphatic hydroxyl groups excluding tert-OH is 1. The van der Waals surface area contributed by atoms with Gasteiger partial charge < -0.3 is 5.11 Å². The molecule has 2 saturated carbocycles. The zero-order valence-electron chi connectivity index (χ0n) is 15.4. The van der Waals surface area contributed by atoms with Crippen LogP contribution in [0.3, 0.4) is 0 Å². The highest BCUT2D eigenvalue weighted by atomic mass is 16.3. The van der Waals surface area contributed by atoms with Gasteiger partial charge in [0.15, 0.2) is 5.78 Å². The van der Waals surface area contributed by atoms with Crippen molar-refractivity contribution in [3.8, 4) is 0 Å². The minimum Gasteiger partial charge on any atom is -0.393 e. The fourth-order valence-corrected chi connectivity index (χ4v) is 6.76. The highest BCUT2D eigenvalue weighted by molar-refractivity contribution is 5.92. The number of aliphatic hydroxyl groups is 1. The molecule has 2 fully saturated rings. The lowest BCUT2D eigenvalue weighted by molar-refractivity contribution is -0.118. The van der Waals surface area contributed by atoms with E-state index >= 15 is 0 Å². The van der Waals surface area contributed by atoms with E-state index in [-0.39, 0.29) is 28.6 Å². The van der Waals surface area contributed by atoms with Gasteiger partial charge in [-0.25, -0.2) is 0 Å². The first kappa shape index (κ1) is 16.3. The lowest BCUT2D eigenvalue weighted by Gasteiger charge is -2.57. The number of fused-ring (bicyclic) bond motifs is 5. The number of carbonyl (C=O) groups excluding carboxylic acids is 1. The van der Waals surface area contributed by atoms with Gasteiger partial charge in [0, 0.05) is 12.3 Å².